The highest BCUT2D eigenvalue weighted by Gasteiger charge is 2.42. The van der Waals surface area contributed by atoms with E-state index >= 15 is 0 Å². The van der Waals surface area contributed by atoms with Gasteiger partial charge < -0.3 is 19.4 Å². The van der Waals surface area contributed by atoms with Gasteiger partial charge in [-0.1, -0.05) is 0 Å². The molecule has 0 unspecified atom stereocenters. The third-order valence-corrected chi connectivity index (χ3v) is 8.43. The van der Waals surface area contributed by atoms with Crippen molar-refractivity contribution in [2.24, 2.45) is 7.05 Å². The van der Waals surface area contributed by atoms with Crippen LogP contribution in [-0.4, -0.2) is 72.2 Å². The fourth-order valence-corrected chi connectivity index (χ4v) is 5.88. The minimum Gasteiger partial charge on any atom is -0.336 e. The van der Waals surface area contributed by atoms with E-state index in [0.717, 1.165) is 53.6 Å². The molecular weight excluding hydrogens is 504 g/mol. The summed E-state index contributed by atoms with van der Waals surface area (Å²) in [6.07, 6.45) is 7.83. The number of anilines is 2. The van der Waals surface area contributed by atoms with Gasteiger partial charge in [0, 0.05) is 54.8 Å². The van der Waals surface area contributed by atoms with Crippen molar-refractivity contribution in [2.45, 2.75) is 71.1 Å². The maximum atomic E-state index is 13.4. The van der Waals surface area contributed by atoms with E-state index in [0.29, 0.717) is 42.2 Å². The van der Waals surface area contributed by atoms with Crippen LogP contribution in [0, 0.1) is 6.92 Å². The molecule has 11 nitrogen and oxygen atoms in total. The van der Waals surface area contributed by atoms with Crippen LogP contribution in [0.1, 0.15) is 44.0 Å². The number of rotatable bonds is 10. The Labute approximate surface area is 221 Å². The van der Waals surface area contributed by atoms with Crippen molar-refractivity contribution >= 4 is 49.4 Å². The summed E-state index contributed by atoms with van der Waals surface area (Å²) in [6.45, 7) is 4.94. The fourth-order valence-electron chi connectivity index (χ4n) is 5.38. The normalized spacial score (nSPS) is 16.0. The zero-order valence-electron chi connectivity index (χ0n) is 22.3. The van der Waals surface area contributed by atoms with Gasteiger partial charge in [0.15, 0.2) is 11.6 Å². The van der Waals surface area contributed by atoms with Gasteiger partial charge in [0.05, 0.1) is 30.6 Å². The third kappa shape index (κ3) is 4.65. The first kappa shape index (κ1) is 24.9. The molecule has 0 aliphatic heterocycles. The molecule has 38 heavy (non-hydrogen) atoms. The molecule has 1 N–H and O–H groups in total. The molecule has 12 heteroatoms. The number of nitrogens with one attached hydrogen (secondary N) is 1. The molecule has 2 aliphatic rings. The van der Waals surface area contributed by atoms with Gasteiger partial charge in [-0.3, -0.25) is 9.48 Å². The average Bonchev–Trinajstić information content (AvgIpc) is 3.76. The summed E-state index contributed by atoms with van der Waals surface area (Å²) in [6, 6.07) is 4.82. The lowest BCUT2D eigenvalue weighted by Gasteiger charge is -2.22. The molecule has 202 valence electrons. The first-order valence-corrected chi connectivity index (χ1v) is 15.3. The third-order valence-electron chi connectivity index (χ3n) is 7.51. The molecule has 2 aliphatic carbocycles. The van der Waals surface area contributed by atoms with Crippen LogP contribution in [0.25, 0.3) is 22.1 Å². The molecule has 1 amide bonds. The number of aromatic nitrogens is 6. The zero-order chi connectivity index (χ0) is 26.8. The van der Waals surface area contributed by atoms with E-state index in [1.165, 1.54) is 6.26 Å². The molecular formula is C26H34N8O3S. The van der Waals surface area contributed by atoms with Crippen LogP contribution in [0.3, 0.4) is 0 Å². The molecule has 4 aromatic rings. The SMILES string of the molecule is CCn1c(CC(=O)N(C2CC2)C2CC2)cc2c3c(ncn3C)c(Nc3cc(C)n(CCS(C)(=O)=O)n3)nc21. The summed E-state index contributed by atoms with van der Waals surface area (Å²) in [4.78, 5) is 25.1. The van der Waals surface area contributed by atoms with Crippen molar-refractivity contribution in [1.29, 1.82) is 0 Å². The van der Waals surface area contributed by atoms with Gasteiger partial charge in [-0.2, -0.15) is 5.10 Å². The van der Waals surface area contributed by atoms with Crippen LogP contribution in [0.2, 0.25) is 0 Å². The van der Waals surface area contributed by atoms with Gasteiger partial charge in [0.2, 0.25) is 5.91 Å². The largest absolute Gasteiger partial charge is 0.336 e. The molecule has 0 aromatic carbocycles. The van der Waals surface area contributed by atoms with Crippen molar-refractivity contribution in [3.05, 3.63) is 29.8 Å². The summed E-state index contributed by atoms with van der Waals surface area (Å²) < 4.78 is 29.0. The number of sulfone groups is 1. The monoisotopic (exact) mass is 538 g/mol. The van der Waals surface area contributed by atoms with Crippen LogP contribution >= 0.6 is 0 Å². The second-order valence-corrected chi connectivity index (χ2v) is 13.0. The lowest BCUT2D eigenvalue weighted by atomic mass is 10.2. The number of aryl methyl sites for hydroxylation is 4. The number of imidazole rings is 1. The van der Waals surface area contributed by atoms with E-state index in [4.69, 9.17) is 4.98 Å². The molecule has 0 spiro atoms. The van der Waals surface area contributed by atoms with Crippen LogP contribution in [0.4, 0.5) is 11.6 Å². The van der Waals surface area contributed by atoms with E-state index in [9.17, 15) is 13.2 Å². The highest BCUT2D eigenvalue weighted by molar-refractivity contribution is 7.90. The van der Waals surface area contributed by atoms with Crippen molar-refractivity contribution in [2.75, 3.05) is 17.3 Å². The smallest absolute Gasteiger partial charge is 0.229 e. The average molecular weight is 539 g/mol. The van der Waals surface area contributed by atoms with E-state index in [1.807, 2.05) is 24.6 Å². The summed E-state index contributed by atoms with van der Waals surface area (Å²) in [5, 5.41) is 8.85. The second kappa shape index (κ2) is 9.11. The Morgan fingerprint density at radius 2 is 1.89 bits per heavy atom. The molecule has 0 atom stereocenters. The number of hydrogen-bond donors (Lipinski definition) is 1. The van der Waals surface area contributed by atoms with Crippen LogP contribution in [0.5, 0.6) is 0 Å². The van der Waals surface area contributed by atoms with E-state index < -0.39 is 9.84 Å². The van der Waals surface area contributed by atoms with Crippen molar-refractivity contribution in [3.8, 4) is 0 Å². The number of nitrogens with zero attached hydrogens (tertiary/aromatic N) is 7. The minimum absolute atomic E-state index is 0.0219. The molecule has 0 bridgehead atoms. The number of hydrogen-bond acceptors (Lipinski definition) is 7. The minimum atomic E-state index is -3.10. The molecule has 2 saturated carbocycles. The highest BCUT2D eigenvalue weighted by atomic mass is 32.2. The van der Waals surface area contributed by atoms with Crippen molar-refractivity contribution in [1.82, 2.24) is 33.8 Å². The van der Waals surface area contributed by atoms with Gasteiger partial charge in [-0.25, -0.2) is 18.4 Å². The highest BCUT2D eigenvalue weighted by Crippen LogP contribution is 2.38. The lowest BCUT2D eigenvalue weighted by molar-refractivity contribution is -0.131. The standard InChI is InChI=1S/C26H34N8O3S/c1-5-32-19(14-22(35)34(17-6-7-17)18-8-9-18)13-20-24-23(27-15-31(24)3)25(29-26(20)32)28-21-12-16(2)33(30-21)10-11-38(4,36)37/h12-13,15,17-18H,5-11,14H2,1-4H3,(H,28,29,30). The quantitative estimate of drug-likeness (QED) is 0.330. The Kier molecular flexibility index (Phi) is 5.97. The van der Waals surface area contributed by atoms with Gasteiger partial charge in [0.25, 0.3) is 0 Å². The summed E-state index contributed by atoms with van der Waals surface area (Å²) in [7, 11) is -1.14. The van der Waals surface area contributed by atoms with Gasteiger partial charge in [0.1, 0.15) is 21.0 Å². The predicted octanol–water partition coefficient (Wildman–Crippen LogP) is 2.93. The van der Waals surface area contributed by atoms with E-state index in [2.05, 4.69) is 37.9 Å². The van der Waals surface area contributed by atoms with Crippen LogP contribution in [0.15, 0.2) is 18.5 Å². The first-order valence-electron chi connectivity index (χ1n) is 13.3. The Morgan fingerprint density at radius 3 is 2.53 bits per heavy atom. The fraction of sp³-hybridized carbons (Fsp3) is 0.538. The lowest BCUT2D eigenvalue weighted by Crippen LogP contribution is -2.36. The predicted molar refractivity (Wildman–Crippen MR) is 146 cm³/mol. The number of amides is 1. The van der Waals surface area contributed by atoms with Crippen molar-refractivity contribution in [3.63, 3.8) is 0 Å². The maximum Gasteiger partial charge on any atom is 0.229 e. The summed E-state index contributed by atoms with van der Waals surface area (Å²) in [5.74, 6) is 1.38. The first-order chi connectivity index (χ1) is 18.1. The number of carbonyl (C=O) groups is 1. The second-order valence-electron chi connectivity index (χ2n) is 10.7. The number of pyridine rings is 1. The van der Waals surface area contributed by atoms with E-state index in [1.54, 1.807) is 11.0 Å². The Balaban J connectivity index is 1.36. The maximum absolute atomic E-state index is 13.4. The molecule has 6 rings (SSSR count). The van der Waals surface area contributed by atoms with Crippen LogP contribution < -0.4 is 5.32 Å². The number of fused-ring (bicyclic) bond motifs is 3. The van der Waals surface area contributed by atoms with Crippen molar-refractivity contribution < 1.29 is 13.2 Å². The Hall–Kier alpha value is -3.41. The van der Waals surface area contributed by atoms with Gasteiger partial charge >= 0.3 is 0 Å². The summed E-state index contributed by atoms with van der Waals surface area (Å²) >= 11 is 0. The molecule has 4 aromatic heterocycles. The molecule has 2 fully saturated rings. The summed E-state index contributed by atoms with van der Waals surface area (Å²) in [5.41, 5.74) is 4.27. The van der Waals surface area contributed by atoms with E-state index in [-0.39, 0.29) is 18.2 Å². The topological polar surface area (TPSA) is 120 Å². The van der Waals surface area contributed by atoms with Gasteiger partial charge in [-0.05, 0) is 45.6 Å². The Morgan fingerprint density at radius 1 is 1.18 bits per heavy atom. The zero-order valence-corrected chi connectivity index (χ0v) is 23.1. The molecule has 0 saturated heterocycles. The van der Waals surface area contributed by atoms with Crippen LogP contribution in [-0.2, 0) is 41.2 Å². The molecule has 0 radical (unpaired) electrons. The molecule has 4 heterocycles. The van der Waals surface area contributed by atoms with Gasteiger partial charge in [-0.15, -0.1) is 0 Å². The Bertz CT molecular complexity index is 1640. The number of carbonyl (C=O) groups excluding carboxylic acids is 1.